The Morgan fingerprint density at radius 3 is 2.94 bits per heavy atom. The highest BCUT2D eigenvalue weighted by atomic mass is 35.5. The van der Waals surface area contributed by atoms with E-state index in [0.717, 1.165) is 6.42 Å². The number of ether oxygens (including phenoxy) is 1. The van der Waals surface area contributed by atoms with E-state index in [9.17, 15) is 4.79 Å². The zero-order valence-electron chi connectivity index (χ0n) is 10.00. The Kier molecular flexibility index (Phi) is 5.25. The number of nitrogens with one attached hydrogen (secondary N) is 1. The second-order valence-corrected chi connectivity index (χ2v) is 4.26. The van der Waals surface area contributed by atoms with Gasteiger partial charge in [-0.15, -0.1) is 0 Å². The molecule has 0 saturated carbocycles. The minimum absolute atomic E-state index is 0.0285. The van der Waals surface area contributed by atoms with Crippen LogP contribution in [0.3, 0.4) is 0 Å². The first-order valence-electron chi connectivity index (χ1n) is 5.40. The Morgan fingerprint density at radius 1 is 1.59 bits per heavy atom. The third-order valence-corrected chi connectivity index (χ3v) is 2.76. The Labute approximate surface area is 106 Å². The molecular weight excluding hydrogens is 240 g/mol. The van der Waals surface area contributed by atoms with Crippen LogP contribution in [0.2, 0.25) is 5.02 Å². The lowest BCUT2D eigenvalue weighted by atomic mass is 10.1. The molecule has 1 unspecified atom stereocenters. The van der Waals surface area contributed by atoms with Gasteiger partial charge < -0.3 is 15.8 Å². The van der Waals surface area contributed by atoms with Gasteiger partial charge in [-0.05, 0) is 25.5 Å². The number of hydrogen-bond acceptors (Lipinski definition) is 3. The Hall–Kier alpha value is -1.26. The van der Waals surface area contributed by atoms with Crippen molar-refractivity contribution in [3.63, 3.8) is 0 Å². The van der Waals surface area contributed by atoms with E-state index in [1.54, 1.807) is 25.3 Å². The van der Waals surface area contributed by atoms with Crippen molar-refractivity contribution in [2.24, 2.45) is 0 Å². The molecule has 0 heterocycles. The number of amides is 1. The maximum Gasteiger partial charge on any atom is 0.253 e. The first kappa shape index (κ1) is 13.8. The lowest BCUT2D eigenvalue weighted by molar-refractivity contribution is 0.0930. The molecule has 1 rings (SSSR count). The summed E-state index contributed by atoms with van der Waals surface area (Å²) in [5.41, 5.74) is 6.46. The SMILES string of the molecule is COCCC(C)NC(=O)c1cccc(Cl)c1N. The number of anilines is 1. The number of carbonyl (C=O) groups excluding carboxylic acids is 1. The van der Waals surface area contributed by atoms with Crippen molar-refractivity contribution >= 4 is 23.2 Å². The molecule has 3 N–H and O–H groups in total. The Morgan fingerprint density at radius 2 is 2.29 bits per heavy atom. The normalized spacial score (nSPS) is 12.2. The van der Waals surface area contributed by atoms with Crippen molar-refractivity contribution < 1.29 is 9.53 Å². The summed E-state index contributed by atoms with van der Waals surface area (Å²) in [7, 11) is 1.63. The van der Waals surface area contributed by atoms with E-state index in [1.165, 1.54) is 0 Å². The van der Waals surface area contributed by atoms with E-state index in [4.69, 9.17) is 22.1 Å². The molecule has 1 atom stereocenters. The first-order valence-corrected chi connectivity index (χ1v) is 5.77. The fourth-order valence-electron chi connectivity index (χ4n) is 1.40. The van der Waals surface area contributed by atoms with E-state index < -0.39 is 0 Å². The quantitative estimate of drug-likeness (QED) is 0.793. The molecule has 0 aliphatic heterocycles. The zero-order valence-corrected chi connectivity index (χ0v) is 10.8. The van der Waals surface area contributed by atoms with Gasteiger partial charge in [0, 0.05) is 19.8 Å². The predicted molar refractivity (Wildman–Crippen MR) is 69.3 cm³/mol. The first-order chi connectivity index (χ1) is 8.06. The number of nitrogens with two attached hydrogens (primary N) is 1. The van der Waals surface area contributed by atoms with E-state index in [1.807, 2.05) is 6.92 Å². The van der Waals surface area contributed by atoms with Gasteiger partial charge in [-0.1, -0.05) is 17.7 Å². The van der Waals surface area contributed by atoms with E-state index in [-0.39, 0.29) is 11.9 Å². The number of rotatable bonds is 5. The molecule has 4 nitrogen and oxygen atoms in total. The molecular formula is C12H17ClN2O2. The average molecular weight is 257 g/mol. The molecule has 0 bridgehead atoms. The molecule has 1 amide bonds. The molecule has 17 heavy (non-hydrogen) atoms. The van der Waals surface area contributed by atoms with Gasteiger partial charge in [-0.25, -0.2) is 0 Å². The van der Waals surface area contributed by atoms with Crippen molar-refractivity contribution in [3.8, 4) is 0 Å². The number of hydrogen-bond donors (Lipinski definition) is 2. The Bertz CT molecular complexity index is 396. The lowest BCUT2D eigenvalue weighted by Crippen LogP contribution is -2.33. The van der Waals surface area contributed by atoms with Crippen LogP contribution in [0.5, 0.6) is 0 Å². The molecule has 0 fully saturated rings. The molecule has 1 aromatic carbocycles. The highest BCUT2D eigenvalue weighted by Crippen LogP contribution is 2.22. The molecule has 0 aliphatic rings. The van der Waals surface area contributed by atoms with Crippen molar-refractivity contribution in [3.05, 3.63) is 28.8 Å². The highest BCUT2D eigenvalue weighted by molar-refractivity contribution is 6.33. The summed E-state index contributed by atoms with van der Waals surface area (Å²) in [5, 5.41) is 3.23. The van der Waals surface area contributed by atoms with E-state index in [2.05, 4.69) is 5.32 Å². The zero-order chi connectivity index (χ0) is 12.8. The molecule has 5 heteroatoms. The van der Waals surface area contributed by atoms with Crippen LogP contribution >= 0.6 is 11.6 Å². The van der Waals surface area contributed by atoms with Gasteiger partial charge >= 0.3 is 0 Å². The highest BCUT2D eigenvalue weighted by Gasteiger charge is 2.13. The minimum Gasteiger partial charge on any atom is -0.397 e. The summed E-state index contributed by atoms with van der Waals surface area (Å²) in [5.74, 6) is -0.214. The summed E-state index contributed by atoms with van der Waals surface area (Å²) in [6.45, 7) is 2.52. The van der Waals surface area contributed by atoms with Crippen LogP contribution in [0.1, 0.15) is 23.7 Å². The average Bonchev–Trinajstić information content (AvgIpc) is 2.29. The number of nitrogen functional groups attached to an aromatic ring is 1. The van der Waals surface area contributed by atoms with Crippen LogP contribution in [0.15, 0.2) is 18.2 Å². The molecule has 0 aromatic heterocycles. The topological polar surface area (TPSA) is 64.3 Å². The van der Waals surface area contributed by atoms with Crippen LogP contribution in [-0.2, 0) is 4.74 Å². The molecule has 0 spiro atoms. The fourth-order valence-corrected chi connectivity index (χ4v) is 1.58. The van der Waals surface area contributed by atoms with Crippen molar-refractivity contribution in [1.29, 1.82) is 0 Å². The number of benzene rings is 1. The van der Waals surface area contributed by atoms with Crippen molar-refractivity contribution in [2.75, 3.05) is 19.5 Å². The van der Waals surface area contributed by atoms with Crippen molar-refractivity contribution in [1.82, 2.24) is 5.32 Å². The molecule has 94 valence electrons. The van der Waals surface area contributed by atoms with E-state index >= 15 is 0 Å². The third-order valence-electron chi connectivity index (χ3n) is 2.43. The van der Waals surface area contributed by atoms with Crippen LogP contribution in [-0.4, -0.2) is 25.7 Å². The minimum atomic E-state index is -0.214. The van der Waals surface area contributed by atoms with Gasteiger partial charge in [0.05, 0.1) is 16.3 Å². The second kappa shape index (κ2) is 6.47. The van der Waals surface area contributed by atoms with Crippen molar-refractivity contribution in [2.45, 2.75) is 19.4 Å². The Balaban J connectivity index is 2.67. The summed E-state index contributed by atoms with van der Waals surface area (Å²) in [6, 6.07) is 5.04. The van der Waals surface area contributed by atoms with Gasteiger partial charge in [0.1, 0.15) is 0 Å². The number of carbonyl (C=O) groups is 1. The molecule has 1 aromatic rings. The smallest absolute Gasteiger partial charge is 0.253 e. The summed E-state index contributed by atoms with van der Waals surface area (Å²) in [6.07, 6.45) is 0.753. The van der Waals surface area contributed by atoms with Gasteiger partial charge in [-0.3, -0.25) is 4.79 Å². The van der Waals surface area contributed by atoms with Crippen LogP contribution < -0.4 is 11.1 Å². The number of halogens is 1. The number of methoxy groups -OCH3 is 1. The predicted octanol–water partition coefficient (Wildman–Crippen LogP) is 2.08. The largest absolute Gasteiger partial charge is 0.397 e. The molecule has 0 radical (unpaired) electrons. The molecule has 0 aliphatic carbocycles. The van der Waals surface area contributed by atoms with Crippen LogP contribution in [0.4, 0.5) is 5.69 Å². The second-order valence-electron chi connectivity index (χ2n) is 3.86. The maximum atomic E-state index is 11.9. The maximum absolute atomic E-state index is 11.9. The van der Waals surface area contributed by atoms with Gasteiger partial charge in [0.25, 0.3) is 5.91 Å². The molecule has 0 saturated heterocycles. The third kappa shape index (κ3) is 3.91. The van der Waals surface area contributed by atoms with E-state index in [0.29, 0.717) is 22.9 Å². The fraction of sp³-hybridized carbons (Fsp3) is 0.417. The monoisotopic (exact) mass is 256 g/mol. The lowest BCUT2D eigenvalue weighted by Gasteiger charge is -2.14. The summed E-state index contributed by atoms with van der Waals surface area (Å²) in [4.78, 5) is 11.9. The number of para-hydroxylation sites is 1. The van der Waals surface area contributed by atoms with Crippen LogP contribution in [0, 0.1) is 0 Å². The van der Waals surface area contributed by atoms with Gasteiger partial charge in [0.2, 0.25) is 0 Å². The van der Waals surface area contributed by atoms with Crippen LogP contribution in [0.25, 0.3) is 0 Å². The van der Waals surface area contributed by atoms with Gasteiger partial charge in [0.15, 0.2) is 0 Å². The van der Waals surface area contributed by atoms with Gasteiger partial charge in [-0.2, -0.15) is 0 Å². The standard InChI is InChI=1S/C12H17ClN2O2/c1-8(6-7-17-2)15-12(16)9-4-3-5-10(13)11(9)14/h3-5,8H,6-7,14H2,1-2H3,(H,15,16). The summed E-state index contributed by atoms with van der Waals surface area (Å²) >= 11 is 5.85. The summed E-state index contributed by atoms with van der Waals surface area (Å²) < 4.78 is 4.95.